The molecule has 0 fully saturated rings. The van der Waals surface area contributed by atoms with Crippen molar-refractivity contribution in [2.75, 3.05) is 5.32 Å². The highest BCUT2D eigenvalue weighted by molar-refractivity contribution is 6.32. The minimum Gasteiger partial charge on any atom is -0.376 e. The summed E-state index contributed by atoms with van der Waals surface area (Å²) in [6.45, 7) is 4.22. The lowest BCUT2D eigenvalue weighted by molar-refractivity contribution is 0.683. The number of hydrogen-bond donors (Lipinski definition) is 1. The Balaban J connectivity index is 1.84. The monoisotopic (exact) mass is 300 g/mol. The fourth-order valence-corrected chi connectivity index (χ4v) is 3.28. The standard InChI is InChI=1S/C18H21ClN2/c1-12-9-10-20-18(19)17(12)21-13(2)15-8-7-14-5-3-4-6-16(14)11-15/h7-11,13,21H,3-6H2,1-2H3. The lowest BCUT2D eigenvalue weighted by atomic mass is 9.89. The number of pyridine rings is 1. The van der Waals surface area contributed by atoms with E-state index >= 15 is 0 Å². The molecule has 1 heterocycles. The van der Waals surface area contributed by atoms with Crippen molar-refractivity contribution >= 4 is 17.3 Å². The summed E-state index contributed by atoms with van der Waals surface area (Å²) in [7, 11) is 0. The number of fused-ring (bicyclic) bond motifs is 1. The fraction of sp³-hybridized carbons (Fsp3) is 0.389. The fourth-order valence-electron chi connectivity index (χ4n) is 3.02. The molecule has 2 aromatic rings. The lowest BCUT2D eigenvalue weighted by Gasteiger charge is -2.21. The molecule has 0 spiro atoms. The van der Waals surface area contributed by atoms with E-state index in [0.29, 0.717) is 5.15 Å². The van der Waals surface area contributed by atoms with Crippen LogP contribution in [0.5, 0.6) is 0 Å². The molecule has 0 saturated carbocycles. The summed E-state index contributed by atoms with van der Waals surface area (Å²) >= 11 is 6.20. The van der Waals surface area contributed by atoms with Gasteiger partial charge in [-0.05, 0) is 67.9 Å². The summed E-state index contributed by atoms with van der Waals surface area (Å²) in [4.78, 5) is 4.16. The smallest absolute Gasteiger partial charge is 0.152 e. The molecule has 0 radical (unpaired) electrons. The van der Waals surface area contributed by atoms with E-state index in [2.05, 4.69) is 42.3 Å². The zero-order valence-corrected chi connectivity index (χ0v) is 13.4. The highest BCUT2D eigenvalue weighted by Crippen LogP contribution is 2.29. The van der Waals surface area contributed by atoms with E-state index < -0.39 is 0 Å². The molecule has 1 aliphatic rings. The van der Waals surface area contributed by atoms with Crippen LogP contribution in [0.4, 0.5) is 5.69 Å². The number of nitrogens with one attached hydrogen (secondary N) is 1. The maximum atomic E-state index is 6.20. The molecule has 21 heavy (non-hydrogen) atoms. The van der Waals surface area contributed by atoms with Gasteiger partial charge >= 0.3 is 0 Å². The van der Waals surface area contributed by atoms with Gasteiger partial charge in [0, 0.05) is 12.2 Å². The third kappa shape index (κ3) is 3.06. The number of aryl methyl sites for hydroxylation is 3. The number of benzene rings is 1. The molecule has 0 aliphatic heterocycles. The Hall–Kier alpha value is -1.54. The van der Waals surface area contributed by atoms with Gasteiger partial charge in [-0.2, -0.15) is 0 Å². The molecule has 1 aliphatic carbocycles. The minimum atomic E-state index is 0.220. The van der Waals surface area contributed by atoms with Crippen LogP contribution >= 0.6 is 11.6 Å². The Bertz CT molecular complexity index is 631. The van der Waals surface area contributed by atoms with Crippen molar-refractivity contribution < 1.29 is 0 Å². The molecule has 1 aromatic heterocycles. The van der Waals surface area contributed by atoms with Crippen LogP contribution < -0.4 is 5.32 Å². The molecular formula is C18H21ClN2. The van der Waals surface area contributed by atoms with Crippen LogP contribution in [-0.4, -0.2) is 4.98 Å². The summed E-state index contributed by atoms with van der Waals surface area (Å²) in [5, 5.41) is 4.05. The second-order valence-electron chi connectivity index (χ2n) is 5.89. The molecule has 1 atom stereocenters. The van der Waals surface area contributed by atoms with Crippen molar-refractivity contribution in [2.45, 2.75) is 45.6 Å². The first kappa shape index (κ1) is 14.4. The molecule has 1 unspecified atom stereocenters. The van der Waals surface area contributed by atoms with Crippen LogP contribution in [-0.2, 0) is 12.8 Å². The normalized spacial score (nSPS) is 15.4. The highest BCUT2D eigenvalue weighted by atomic mass is 35.5. The Morgan fingerprint density at radius 1 is 1.14 bits per heavy atom. The number of hydrogen-bond acceptors (Lipinski definition) is 2. The number of halogens is 1. The molecule has 0 saturated heterocycles. The van der Waals surface area contributed by atoms with Crippen molar-refractivity contribution in [3.05, 3.63) is 57.9 Å². The predicted molar refractivity (Wildman–Crippen MR) is 89.1 cm³/mol. The van der Waals surface area contributed by atoms with Crippen molar-refractivity contribution in [2.24, 2.45) is 0 Å². The summed E-state index contributed by atoms with van der Waals surface area (Å²) in [5.74, 6) is 0. The van der Waals surface area contributed by atoms with Gasteiger partial charge in [0.25, 0.3) is 0 Å². The topological polar surface area (TPSA) is 24.9 Å². The Morgan fingerprint density at radius 2 is 1.90 bits per heavy atom. The van der Waals surface area contributed by atoms with E-state index in [4.69, 9.17) is 11.6 Å². The Morgan fingerprint density at radius 3 is 2.67 bits per heavy atom. The predicted octanol–water partition coefficient (Wildman–Crippen LogP) is 5.10. The first-order chi connectivity index (χ1) is 10.1. The molecule has 2 nitrogen and oxygen atoms in total. The van der Waals surface area contributed by atoms with Gasteiger partial charge in [-0.15, -0.1) is 0 Å². The van der Waals surface area contributed by atoms with Crippen LogP contribution in [0.25, 0.3) is 0 Å². The third-order valence-corrected chi connectivity index (χ3v) is 4.63. The van der Waals surface area contributed by atoms with Crippen molar-refractivity contribution in [1.82, 2.24) is 4.98 Å². The van der Waals surface area contributed by atoms with E-state index in [0.717, 1.165) is 11.3 Å². The van der Waals surface area contributed by atoms with Gasteiger partial charge in [-0.1, -0.05) is 29.8 Å². The van der Waals surface area contributed by atoms with Crippen LogP contribution in [0.15, 0.2) is 30.5 Å². The molecule has 1 aromatic carbocycles. The zero-order chi connectivity index (χ0) is 14.8. The van der Waals surface area contributed by atoms with Gasteiger partial charge in [-0.3, -0.25) is 0 Å². The van der Waals surface area contributed by atoms with Gasteiger partial charge in [0.1, 0.15) is 0 Å². The van der Waals surface area contributed by atoms with Crippen LogP contribution in [0.1, 0.15) is 48.1 Å². The van der Waals surface area contributed by atoms with Crippen LogP contribution in [0, 0.1) is 6.92 Å². The molecule has 0 amide bonds. The number of rotatable bonds is 3. The van der Waals surface area contributed by atoms with Gasteiger partial charge in [-0.25, -0.2) is 4.98 Å². The van der Waals surface area contributed by atoms with Crippen molar-refractivity contribution in [3.63, 3.8) is 0 Å². The molecule has 110 valence electrons. The summed E-state index contributed by atoms with van der Waals surface area (Å²) in [6.07, 6.45) is 6.82. The first-order valence-electron chi connectivity index (χ1n) is 7.64. The summed E-state index contributed by atoms with van der Waals surface area (Å²) in [6, 6.07) is 9.08. The van der Waals surface area contributed by atoms with Gasteiger partial charge in [0.05, 0.1) is 5.69 Å². The van der Waals surface area contributed by atoms with E-state index in [-0.39, 0.29) is 6.04 Å². The van der Waals surface area contributed by atoms with Crippen LogP contribution in [0.2, 0.25) is 5.15 Å². The van der Waals surface area contributed by atoms with E-state index in [1.165, 1.54) is 42.4 Å². The second kappa shape index (κ2) is 6.07. The largest absolute Gasteiger partial charge is 0.376 e. The summed E-state index contributed by atoms with van der Waals surface area (Å²) < 4.78 is 0. The van der Waals surface area contributed by atoms with Gasteiger partial charge in [0.15, 0.2) is 5.15 Å². The number of nitrogens with zero attached hydrogens (tertiary/aromatic N) is 1. The quantitative estimate of drug-likeness (QED) is 0.798. The molecule has 1 N–H and O–H groups in total. The number of aromatic nitrogens is 1. The summed E-state index contributed by atoms with van der Waals surface area (Å²) in [5.41, 5.74) is 6.41. The minimum absolute atomic E-state index is 0.220. The van der Waals surface area contributed by atoms with E-state index in [1.54, 1.807) is 6.20 Å². The number of anilines is 1. The molecule has 0 bridgehead atoms. The lowest BCUT2D eigenvalue weighted by Crippen LogP contribution is -2.11. The van der Waals surface area contributed by atoms with E-state index in [9.17, 15) is 0 Å². The van der Waals surface area contributed by atoms with Gasteiger partial charge in [0.2, 0.25) is 0 Å². The van der Waals surface area contributed by atoms with Crippen molar-refractivity contribution in [3.8, 4) is 0 Å². The Labute approximate surface area is 131 Å². The molecule has 3 rings (SSSR count). The Kier molecular flexibility index (Phi) is 4.16. The van der Waals surface area contributed by atoms with E-state index in [1.807, 2.05) is 6.07 Å². The zero-order valence-electron chi connectivity index (χ0n) is 12.6. The average Bonchev–Trinajstić information content (AvgIpc) is 2.50. The second-order valence-corrected chi connectivity index (χ2v) is 6.25. The van der Waals surface area contributed by atoms with Crippen LogP contribution in [0.3, 0.4) is 0 Å². The third-order valence-electron chi connectivity index (χ3n) is 4.35. The highest BCUT2D eigenvalue weighted by Gasteiger charge is 2.14. The maximum Gasteiger partial charge on any atom is 0.152 e. The molecular weight excluding hydrogens is 280 g/mol. The SMILES string of the molecule is Cc1ccnc(Cl)c1NC(C)c1ccc2c(c1)CCCC2. The molecule has 3 heteroatoms. The van der Waals surface area contributed by atoms with Gasteiger partial charge < -0.3 is 5.32 Å². The maximum absolute atomic E-state index is 6.20. The first-order valence-corrected chi connectivity index (χ1v) is 8.02. The van der Waals surface area contributed by atoms with Crippen molar-refractivity contribution in [1.29, 1.82) is 0 Å². The average molecular weight is 301 g/mol.